The van der Waals surface area contributed by atoms with Gasteiger partial charge in [-0.2, -0.15) is 10.2 Å². The van der Waals surface area contributed by atoms with Crippen molar-refractivity contribution in [3.63, 3.8) is 0 Å². The van der Waals surface area contributed by atoms with Crippen molar-refractivity contribution in [1.29, 1.82) is 0 Å². The molecule has 0 aliphatic heterocycles. The summed E-state index contributed by atoms with van der Waals surface area (Å²) in [5, 5.41) is 27.5. The zero-order chi connectivity index (χ0) is 42.7. The third-order valence-corrected chi connectivity index (χ3v) is 12.5. The highest BCUT2D eigenvalue weighted by atomic mass is 32.2. The van der Waals surface area contributed by atoms with E-state index in [4.69, 9.17) is 5.73 Å². The third kappa shape index (κ3) is 10.3. The van der Waals surface area contributed by atoms with E-state index in [0.717, 1.165) is 83.6 Å². The maximum atomic E-state index is 12.4. The van der Waals surface area contributed by atoms with Crippen LogP contribution in [0.2, 0.25) is 0 Å². The maximum absolute atomic E-state index is 12.4. The summed E-state index contributed by atoms with van der Waals surface area (Å²) in [6.45, 7) is 1.19. The predicted octanol–water partition coefficient (Wildman–Crippen LogP) is 11.1. The van der Waals surface area contributed by atoms with Crippen LogP contribution in [0.1, 0.15) is 11.4 Å². The first-order valence-electron chi connectivity index (χ1n) is 19.8. The molecule has 0 aliphatic rings. The molecule has 0 radical (unpaired) electrons. The molecule has 62 heavy (non-hydrogen) atoms. The molecule has 0 unspecified atom stereocenters. The van der Waals surface area contributed by atoms with Crippen LogP contribution < -0.4 is 21.7 Å². The van der Waals surface area contributed by atoms with E-state index < -0.39 is 0 Å². The van der Waals surface area contributed by atoms with Crippen LogP contribution in [0.5, 0.6) is 0 Å². The van der Waals surface area contributed by atoms with Gasteiger partial charge >= 0.3 is 6.03 Å². The minimum atomic E-state index is -0.240. The number of carbonyl (C=O) groups is 2. The van der Waals surface area contributed by atoms with Crippen molar-refractivity contribution in [3.8, 4) is 20.9 Å². The molecular formula is C47H42N10O2S3. The van der Waals surface area contributed by atoms with Gasteiger partial charge in [-0.3, -0.25) is 25.0 Å². The predicted molar refractivity (Wildman–Crippen MR) is 258 cm³/mol. The van der Waals surface area contributed by atoms with Gasteiger partial charge in [-0.15, -0.1) is 22.7 Å². The van der Waals surface area contributed by atoms with Gasteiger partial charge in [0.05, 0.1) is 23.4 Å². The molecule has 0 aliphatic carbocycles. The van der Waals surface area contributed by atoms with E-state index in [-0.39, 0.29) is 11.3 Å². The van der Waals surface area contributed by atoms with Gasteiger partial charge in [-0.1, -0.05) is 60.3 Å². The molecule has 310 valence electrons. The lowest BCUT2D eigenvalue weighted by molar-refractivity contribution is 0.252. The summed E-state index contributed by atoms with van der Waals surface area (Å²) in [4.78, 5) is 34.7. The summed E-state index contributed by atoms with van der Waals surface area (Å²) in [6, 6.07) is 40.2. The van der Waals surface area contributed by atoms with E-state index in [1.165, 1.54) is 20.2 Å². The lowest BCUT2D eigenvalue weighted by Crippen LogP contribution is -2.30. The van der Waals surface area contributed by atoms with Gasteiger partial charge in [-0.05, 0) is 96.4 Å². The Balaban J connectivity index is 0.000000146. The number of H-pyrrole nitrogens is 2. The molecule has 3 amide bonds. The van der Waals surface area contributed by atoms with Crippen LogP contribution in [0.4, 0.5) is 21.0 Å². The summed E-state index contributed by atoms with van der Waals surface area (Å²) >= 11 is 4.62. The lowest BCUT2D eigenvalue weighted by Gasteiger charge is -2.09. The van der Waals surface area contributed by atoms with Crippen LogP contribution in [-0.4, -0.2) is 61.0 Å². The summed E-state index contributed by atoms with van der Waals surface area (Å²) in [5.74, 6) is 0. The SMILES string of the molecule is CSC(=O)Nc1cc(-c2cc3ccccc3s2)c2[nH]ncc2c1.NCCc1ccccn1.O=C(NCCc1ccccn1)Nc1cc(-c2cc3ccccc3s2)c2[nH]ncc2c1. The first-order chi connectivity index (χ1) is 30.4. The second-order valence-electron chi connectivity index (χ2n) is 13.9. The number of nitrogens with zero attached hydrogens (tertiary/aromatic N) is 4. The molecule has 12 nitrogen and oxygen atoms in total. The van der Waals surface area contributed by atoms with Crippen LogP contribution >= 0.6 is 34.4 Å². The molecule has 6 heterocycles. The van der Waals surface area contributed by atoms with Crippen molar-refractivity contribution in [1.82, 2.24) is 35.7 Å². The van der Waals surface area contributed by atoms with Gasteiger partial charge in [0.2, 0.25) is 0 Å². The van der Waals surface area contributed by atoms with Gasteiger partial charge < -0.3 is 21.7 Å². The Bertz CT molecular complexity index is 3000. The largest absolute Gasteiger partial charge is 0.337 e. The number of hydrogen-bond acceptors (Lipinski definition) is 10. The number of urea groups is 1. The van der Waals surface area contributed by atoms with Crippen molar-refractivity contribution >= 4 is 99.1 Å². The van der Waals surface area contributed by atoms with Gasteiger partial charge in [0.25, 0.3) is 5.24 Å². The van der Waals surface area contributed by atoms with Crippen molar-refractivity contribution in [2.75, 3.05) is 30.0 Å². The van der Waals surface area contributed by atoms with Gasteiger partial charge in [0, 0.05) is 95.6 Å². The average molecular weight is 875 g/mol. The fraction of sp³-hybridized carbons (Fsp3) is 0.106. The zero-order valence-corrected chi connectivity index (χ0v) is 36.0. The van der Waals surface area contributed by atoms with E-state index in [9.17, 15) is 9.59 Å². The molecule has 4 aromatic carbocycles. The van der Waals surface area contributed by atoms with Crippen molar-refractivity contribution in [2.45, 2.75) is 12.8 Å². The normalized spacial score (nSPS) is 10.9. The fourth-order valence-corrected chi connectivity index (χ4v) is 9.16. The number of nitrogens with two attached hydrogens (primary N) is 1. The topological polar surface area (TPSA) is 179 Å². The Hall–Kier alpha value is -6.91. The number of rotatable bonds is 9. The molecule has 6 aromatic heterocycles. The van der Waals surface area contributed by atoms with Gasteiger partial charge in [0.1, 0.15) is 0 Å². The zero-order valence-electron chi connectivity index (χ0n) is 33.6. The molecular weight excluding hydrogens is 833 g/mol. The number of thioether (sulfide) groups is 1. The molecule has 0 bridgehead atoms. The minimum absolute atomic E-state index is 0.0739. The summed E-state index contributed by atoms with van der Waals surface area (Å²) < 4.78 is 2.47. The molecule has 7 N–H and O–H groups in total. The molecule has 10 rings (SSSR count). The number of nitrogens with one attached hydrogen (secondary N) is 5. The number of thiophene rings is 2. The summed E-state index contributed by atoms with van der Waals surface area (Å²) in [6.07, 6.45) is 10.4. The number of hydrogen-bond donors (Lipinski definition) is 6. The Morgan fingerprint density at radius 3 is 1.65 bits per heavy atom. The van der Waals surface area contributed by atoms with Crippen LogP contribution in [0.25, 0.3) is 62.9 Å². The molecule has 0 saturated heterocycles. The van der Waals surface area contributed by atoms with Crippen LogP contribution in [0.15, 0.2) is 146 Å². The summed E-state index contributed by atoms with van der Waals surface area (Å²) in [7, 11) is 0. The van der Waals surface area contributed by atoms with Crippen molar-refractivity contribution in [3.05, 3.63) is 158 Å². The Labute approximate surface area is 369 Å². The number of amides is 3. The van der Waals surface area contributed by atoms with Crippen LogP contribution in [0, 0.1) is 0 Å². The highest BCUT2D eigenvalue weighted by Crippen LogP contribution is 2.39. The second kappa shape index (κ2) is 20.1. The number of benzene rings is 4. The van der Waals surface area contributed by atoms with E-state index >= 15 is 0 Å². The third-order valence-electron chi connectivity index (χ3n) is 9.69. The number of aromatic amines is 2. The van der Waals surface area contributed by atoms with E-state index in [1.807, 2.05) is 84.9 Å². The average Bonchev–Trinajstić information content (AvgIpc) is 4.14. The standard InChI is InChI=1S/C23H19N5OS.C17H13N3OS2.C7H10N2/c29-23(25-10-8-17-6-3-4-9-24-17)27-18-11-16-14-26-28-22(16)19(13-18)21-12-15-5-1-2-7-20(15)30-21;1-22-17(21)19-12-6-11-9-18-20-16(11)13(8-12)15-7-10-4-2-3-5-14(10)23-15;8-5-4-7-3-1-2-6-9-7/h1-7,9,11-14H,8,10H2,(H,26,28)(H2,25,27,29);2-9H,1H3,(H,18,20)(H,19,21);1-3,6H,4-5,8H2. The number of carbonyl (C=O) groups excluding carboxylic acids is 2. The van der Waals surface area contributed by atoms with E-state index in [1.54, 1.807) is 53.7 Å². The highest BCUT2D eigenvalue weighted by molar-refractivity contribution is 8.13. The molecule has 0 fully saturated rings. The first kappa shape index (κ1) is 41.8. The van der Waals surface area contributed by atoms with Gasteiger partial charge in [0.15, 0.2) is 0 Å². The maximum Gasteiger partial charge on any atom is 0.319 e. The molecule has 10 aromatic rings. The lowest BCUT2D eigenvalue weighted by atomic mass is 10.1. The fourth-order valence-electron chi connectivity index (χ4n) is 6.77. The number of aromatic nitrogens is 6. The van der Waals surface area contributed by atoms with Gasteiger partial charge in [-0.25, -0.2) is 4.79 Å². The Kier molecular flexibility index (Phi) is 13.6. The van der Waals surface area contributed by atoms with E-state index in [0.29, 0.717) is 19.5 Å². The summed E-state index contributed by atoms with van der Waals surface area (Å²) in [5.41, 5.74) is 12.9. The second-order valence-corrected chi connectivity index (χ2v) is 16.9. The van der Waals surface area contributed by atoms with Crippen molar-refractivity contribution < 1.29 is 9.59 Å². The quantitative estimate of drug-likeness (QED) is 0.0829. The van der Waals surface area contributed by atoms with Crippen LogP contribution in [0.3, 0.4) is 0 Å². The minimum Gasteiger partial charge on any atom is -0.337 e. The molecule has 15 heteroatoms. The van der Waals surface area contributed by atoms with Crippen LogP contribution in [-0.2, 0) is 12.8 Å². The molecule has 0 spiro atoms. The monoisotopic (exact) mass is 874 g/mol. The van der Waals surface area contributed by atoms with E-state index in [2.05, 4.69) is 82.7 Å². The molecule has 0 atom stereocenters. The number of pyridine rings is 2. The number of fused-ring (bicyclic) bond motifs is 4. The smallest absolute Gasteiger partial charge is 0.319 e. The van der Waals surface area contributed by atoms with Crippen molar-refractivity contribution in [2.24, 2.45) is 5.73 Å². The number of anilines is 2. The highest BCUT2D eigenvalue weighted by Gasteiger charge is 2.14. The Morgan fingerprint density at radius 1 is 0.629 bits per heavy atom. The Morgan fingerprint density at radius 2 is 1.15 bits per heavy atom. The first-order valence-corrected chi connectivity index (χ1v) is 22.6. The molecule has 0 saturated carbocycles.